The summed E-state index contributed by atoms with van der Waals surface area (Å²) in [4.78, 5) is 22.0. The molecule has 2 rings (SSSR count). The molecule has 0 radical (unpaired) electrons. The number of halogens is 1. The van der Waals surface area contributed by atoms with Gasteiger partial charge in [0.05, 0.1) is 30.3 Å². The van der Waals surface area contributed by atoms with Gasteiger partial charge in [0.25, 0.3) is 5.69 Å². The lowest BCUT2D eigenvalue weighted by Crippen LogP contribution is -2.00. The molecule has 136 valence electrons. The number of ketones is 1. The molecule has 0 aliphatic heterocycles. The summed E-state index contributed by atoms with van der Waals surface area (Å²) in [6, 6.07) is 8.08. The van der Waals surface area contributed by atoms with Crippen LogP contribution in [0.1, 0.15) is 29.3 Å². The summed E-state index contributed by atoms with van der Waals surface area (Å²) in [5, 5.41) is 10.6. The minimum Gasteiger partial charge on any atom is -0.493 e. The van der Waals surface area contributed by atoms with E-state index < -0.39 is 22.2 Å². The first-order chi connectivity index (χ1) is 12.5. The Morgan fingerprint density at radius 1 is 1.23 bits per heavy atom. The van der Waals surface area contributed by atoms with Crippen molar-refractivity contribution in [2.24, 2.45) is 0 Å². The van der Waals surface area contributed by atoms with Gasteiger partial charge in [0.1, 0.15) is 5.82 Å². The van der Waals surface area contributed by atoms with Crippen LogP contribution in [0.15, 0.2) is 42.5 Å². The summed E-state index contributed by atoms with van der Waals surface area (Å²) >= 11 is 0. The summed E-state index contributed by atoms with van der Waals surface area (Å²) in [5.41, 5.74) is 0.0264. The fourth-order valence-electron chi connectivity index (χ4n) is 2.20. The van der Waals surface area contributed by atoms with E-state index in [4.69, 9.17) is 9.47 Å². The highest BCUT2D eigenvalue weighted by Crippen LogP contribution is 2.28. The van der Waals surface area contributed by atoms with E-state index in [1.165, 1.54) is 19.3 Å². The Labute approximate surface area is 150 Å². The third kappa shape index (κ3) is 4.66. The number of carbonyl (C=O) groups excluding carboxylic acids is 1. The maximum atomic E-state index is 13.9. The summed E-state index contributed by atoms with van der Waals surface area (Å²) in [5.74, 6) is -0.411. The molecular weight excluding hydrogens is 341 g/mol. The summed E-state index contributed by atoms with van der Waals surface area (Å²) < 4.78 is 24.7. The van der Waals surface area contributed by atoms with Gasteiger partial charge < -0.3 is 9.47 Å². The average molecular weight is 359 g/mol. The quantitative estimate of drug-likeness (QED) is 0.302. The molecule has 0 saturated carbocycles. The van der Waals surface area contributed by atoms with E-state index in [1.807, 2.05) is 6.92 Å². The zero-order valence-corrected chi connectivity index (χ0v) is 14.4. The number of allylic oxidation sites excluding steroid dienone is 1. The lowest BCUT2D eigenvalue weighted by molar-refractivity contribution is -0.385. The lowest BCUT2D eigenvalue weighted by Gasteiger charge is -2.10. The molecule has 0 spiro atoms. The van der Waals surface area contributed by atoms with Crippen LogP contribution in [0.5, 0.6) is 11.5 Å². The zero-order chi connectivity index (χ0) is 19.1. The number of ether oxygens (including phenoxy) is 2. The Balaban J connectivity index is 2.18. The Hall–Kier alpha value is -3.22. The van der Waals surface area contributed by atoms with Crippen LogP contribution in [0, 0.1) is 15.9 Å². The molecule has 26 heavy (non-hydrogen) atoms. The van der Waals surface area contributed by atoms with E-state index in [0.717, 1.165) is 24.6 Å². The number of nitro benzene ring substituents is 1. The number of methoxy groups -OCH3 is 1. The minimum absolute atomic E-state index is 0.235. The largest absolute Gasteiger partial charge is 0.493 e. The molecule has 0 fully saturated rings. The van der Waals surface area contributed by atoms with Gasteiger partial charge in [0.2, 0.25) is 0 Å². The van der Waals surface area contributed by atoms with Crippen LogP contribution in [-0.4, -0.2) is 24.4 Å². The molecule has 0 atom stereocenters. The molecule has 0 unspecified atom stereocenters. The van der Waals surface area contributed by atoms with Crippen molar-refractivity contribution in [2.75, 3.05) is 13.7 Å². The van der Waals surface area contributed by atoms with Crippen molar-refractivity contribution >= 4 is 17.5 Å². The molecule has 0 amide bonds. The van der Waals surface area contributed by atoms with E-state index in [9.17, 15) is 19.3 Å². The summed E-state index contributed by atoms with van der Waals surface area (Å²) in [6.45, 7) is 2.55. The fourth-order valence-corrected chi connectivity index (χ4v) is 2.20. The number of nitro groups is 1. The topological polar surface area (TPSA) is 78.7 Å². The van der Waals surface area contributed by atoms with Crippen LogP contribution in [0.25, 0.3) is 6.08 Å². The fraction of sp³-hybridized carbons (Fsp3) is 0.211. The third-order valence-electron chi connectivity index (χ3n) is 3.51. The van der Waals surface area contributed by atoms with Crippen LogP contribution in [0.2, 0.25) is 0 Å². The second-order valence-electron chi connectivity index (χ2n) is 5.38. The van der Waals surface area contributed by atoms with Crippen LogP contribution < -0.4 is 9.47 Å². The number of hydrogen-bond acceptors (Lipinski definition) is 5. The third-order valence-corrected chi connectivity index (χ3v) is 3.51. The smallest absolute Gasteiger partial charge is 0.272 e. The van der Waals surface area contributed by atoms with Gasteiger partial charge >= 0.3 is 0 Å². The first-order valence-corrected chi connectivity index (χ1v) is 7.93. The number of rotatable bonds is 8. The van der Waals surface area contributed by atoms with Crippen LogP contribution in [0.4, 0.5) is 10.1 Å². The van der Waals surface area contributed by atoms with Crippen molar-refractivity contribution < 1.29 is 23.6 Å². The number of benzene rings is 2. The Bertz CT molecular complexity index is 848. The first-order valence-electron chi connectivity index (χ1n) is 7.93. The number of non-ortho nitro benzene ring substituents is 1. The van der Waals surface area contributed by atoms with E-state index in [0.29, 0.717) is 23.7 Å². The molecule has 0 bridgehead atoms. The first kappa shape index (κ1) is 19.1. The van der Waals surface area contributed by atoms with Gasteiger partial charge in [-0.15, -0.1) is 0 Å². The lowest BCUT2D eigenvalue weighted by atomic mass is 10.1. The molecule has 2 aromatic rings. The molecule has 0 heterocycles. The van der Waals surface area contributed by atoms with Gasteiger partial charge in [-0.05, 0) is 36.3 Å². The molecular formula is C19H18FNO5. The highest BCUT2D eigenvalue weighted by atomic mass is 19.1. The normalized spacial score (nSPS) is 10.7. The van der Waals surface area contributed by atoms with Gasteiger partial charge in [-0.1, -0.05) is 19.1 Å². The molecule has 0 aromatic heterocycles. The maximum Gasteiger partial charge on any atom is 0.272 e. The van der Waals surface area contributed by atoms with Crippen molar-refractivity contribution in [1.29, 1.82) is 0 Å². The molecule has 0 N–H and O–H groups in total. The van der Waals surface area contributed by atoms with Gasteiger partial charge in [-0.3, -0.25) is 14.9 Å². The van der Waals surface area contributed by atoms with Crippen molar-refractivity contribution in [3.8, 4) is 11.5 Å². The second-order valence-corrected chi connectivity index (χ2v) is 5.38. The van der Waals surface area contributed by atoms with Gasteiger partial charge in [-0.2, -0.15) is 0 Å². The molecule has 0 aliphatic carbocycles. The van der Waals surface area contributed by atoms with Gasteiger partial charge in [0.15, 0.2) is 17.3 Å². The Kier molecular flexibility index (Phi) is 6.43. The number of nitrogens with zero attached hydrogens (tertiary/aromatic N) is 1. The highest BCUT2D eigenvalue weighted by molar-refractivity contribution is 6.07. The Morgan fingerprint density at radius 3 is 2.62 bits per heavy atom. The summed E-state index contributed by atoms with van der Waals surface area (Å²) in [7, 11) is 1.51. The van der Waals surface area contributed by atoms with E-state index in [1.54, 1.807) is 18.2 Å². The SMILES string of the molecule is CCCOc1ccc(/C=C/C(=O)c2ccc([N+](=O)[O-])cc2F)cc1OC. The van der Waals surface area contributed by atoms with Gasteiger partial charge in [-0.25, -0.2) is 4.39 Å². The van der Waals surface area contributed by atoms with Crippen LogP contribution in [0.3, 0.4) is 0 Å². The Morgan fingerprint density at radius 2 is 2.00 bits per heavy atom. The average Bonchev–Trinajstić information content (AvgIpc) is 2.64. The minimum atomic E-state index is -0.935. The van der Waals surface area contributed by atoms with Crippen LogP contribution in [-0.2, 0) is 0 Å². The van der Waals surface area contributed by atoms with Crippen molar-refractivity contribution in [2.45, 2.75) is 13.3 Å². The monoisotopic (exact) mass is 359 g/mol. The summed E-state index contributed by atoms with van der Waals surface area (Å²) in [6.07, 6.45) is 3.57. The second kappa shape index (κ2) is 8.75. The predicted molar refractivity (Wildman–Crippen MR) is 95.2 cm³/mol. The van der Waals surface area contributed by atoms with Crippen molar-refractivity contribution in [1.82, 2.24) is 0 Å². The van der Waals surface area contributed by atoms with E-state index >= 15 is 0 Å². The zero-order valence-electron chi connectivity index (χ0n) is 14.4. The van der Waals surface area contributed by atoms with Crippen molar-refractivity contribution in [3.05, 3.63) is 69.5 Å². The predicted octanol–water partition coefficient (Wildman–Crippen LogP) is 4.43. The number of carbonyl (C=O) groups is 1. The standard InChI is InChI=1S/C19H18FNO5/c1-3-10-26-18-9-5-13(11-19(18)25-2)4-8-17(22)15-7-6-14(21(23)24)12-16(15)20/h4-9,11-12H,3,10H2,1-2H3/b8-4+. The molecule has 0 aliphatic rings. The maximum absolute atomic E-state index is 13.9. The van der Waals surface area contributed by atoms with Gasteiger partial charge in [0, 0.05) is 6.07 Å². The van der Waals surface area contributed by atoms with E-state index in [-0.39, 0.29) is 5.56 Å². The van der Waals surface area contributed by atoms with Crippen LogP contribution >= 0.6 is 0 Å². The molecule has 7 heteroatoms. The molecule has 6 nitrogen and oxygen atoms in total. The van der Waals surface area contributed by atoms with Crippen molar-refractivity contribution in [3.63, 3.8) is 0 Å². The van der Waals surface area contributed by atoms with E-state index in [2.05, 4.69) is 0 Å². The molecule has 0 saturated heterocycles. The highest BCUT2D eigenvalue weighted by Gasteiger charge is 2.14. The number of hydrogen-bond donors (Lipinski definition) is 0. The molecule has 2 aromatic carbocycles.